The van der Waals surface area contributed by atoms with Crippen LogP contribution in [0, 0.1) is 0 Å². The lowest BCUT2D eigenvalue weighted by Crippen LogP contribution is -2.39. The molecule has 0 radical (unpaired) electrons. The quantitative estimate of drug-likeness (QED) is 0.724. The van der Waals surface area contributed by atoms with Gasteiger partial charge in [0.25, 0.3) is 0 Å². The molecule has 2 aromatic carbocycles. The van der Waals surface area contributed by atoms with Crippen LogP contribution in [0.4, 0.5) is 0 Å². The highest BCUT2D eigenvalue weighted by molar-refractivity contribution is 7.89. The van der Waals surface area contributed by atoms with Crippen LogP contribution < -0.4 is 5.14 Å². The molecule has 8 heteroatoms. The lowest BCUT2D eigenvalue weighted by molar-refractivity contribution is -0.131. The molecule has 29 heavy (non-hydrogen) atoms. The molecule has 1 heterocycles. The smallest absolute Gasteiger partial charge is 0.239 e. The number of hydrogen-bond acceptors (Lipinski definition) is 4. The lowest BCUT2D eigenvalue weighted by Gasteiger charge is -2.32. The Morgan fingerprint density at radius 1 is 1.17 bits per heavy atom. The molecule has 0 saturated carbocycles. The summed E-state index contributed by atoms with van der Waals surface area (Å²) >= 11 is 5.95. The second-order valence-corrected chi connectivity index (χ2v) is 9.36. The van der Waals surface area contributed by atoms with Crippen LogP contribution in [0.5, 0.6) is 0 Å². The van der Waals surface area contributed by atoms with Crippen molar-refractivity contribution in [1.29, 1.82) is 0 Å². The average Bonchev–Trinajstić information content (AvgIpc) is 3.20. The molecule has 0 aromatic heterocycles. The fourth-order valence-corrected chi connectivity index (χ4v) is 4.78. The number of halogens is 1. The Balaban J connectivity index is 1.80. The molecule has 2 aromatic rings. The SMILES string of the molecule is CN(C(=O)Cc1ccc(Cl)c(S(N)(=O)=O)c1)[C@H](CN1CCCC1)c1ccccc1. The summed E-state index contributed by atoms with van der Waals surface area (Å²) in [5.74, 6) is -0.0965. The van der Waals surface area contributed by atoms with Crippen molar-refractivity contribution in [3.05, 3.63) is 64.7 Å². The summed E-state index contributed by atoms with van der Waals surface area (Å²) in [5.41, 5.74) is 1.64. The minimum absolute atomic E-state index is 0.0493. The summed E-state index contributed by atoms with van der Waals surface area (Å²) < 4.78 is 23.4. The summed E-state index contributed by atoms with van der Waals surface area (Å²) in [7, 11) is -2.15. The molecule has 1 fully saturated rings. The summed E-state index contributed by atoms with van der Waals surface area (Å²) in [6.45, 7) is 2.86. The molecule has 1 aliphatic rings. The second-order valence-electron chi connectivity index (χ2n) is 7.43. The van der Waals surface area contributed by atoms with Crippen LogP contribution in [0.1, 0.15) is 30.0 Å². The molecule has 1 atom stereocenters. The highest BCUT2D eigenvalue weighted by atomic mass is 35.5. The Bertz CT molecular complexity index is 960. The maximum atomic E-state index is 13.0. The minimum atomic E-state index is -3.95. The highest BCUT2D eigenvalue weighted by Gasteiger charge is 2.26. The maximum absolute atomic E-state index is 13.0. The van der Waals surface area contributed by atoms with Crippen molar-refractivity contribution in [3.63, 3.8) is 0 Å². The summed E-state index contributed by atoms with van der Waals surface area (Å²) in [5, 5.41) is 5.27. The normalized spacial score (nSPS) is 16.0. The molecule has 1 amide bonds. The number of hydrogen-bond donors (Lipinski definition) is 1. The summed E-state index contributed by atoms with van der Waals surface area (Å²) in [6, 6.07) is 14.4. The van der Waals surface area contributed by atoms with E-state index >= 15 is 0 Å². The number of rotatable bonds is 7. The van der Waals surface area contributed by atoms with E-state index in [-0.39, 0.29) is 28.3 Å². The first kappa shape index (κ1) is 21.8. The maximum Gasteiger partial charge on any atom is 0.239 e. The van der Waals surface area contributed by atoms with Gasteiger partial charge in [0.05, 0.1) is 17.5 Å². The zero-order valence-electron chi connectivity index (χ0n) is 16.4. The van der Waals surface area contributed by atoms with Gasteiger partial charge in [-0.25, -0.2) is 13.6 Å². The van der Waals surface area contributed by atoms with Crippen molar-refractivity contribution in [2.45, 2.75) is 30.2 Å². The van der Waals surface area contributed by atoms with E-state index < -0.39 is 10.0 Å². The molecule has 0 spiro atoms. The molecule has 6 nitrogen and oxygen atoms in total. The number of likely N-dealkylation sites (tertiary alicyclic amines) is 1. The first-order chi connectivity index (χ1) is 13.8. The van der Waals surface area contributed by atoms with E-state index in [1.165, 1.54) is 25.0 Å². The molecule has 1 aliphatic heterocycles. The summed E-state index contributed by atoms with van der Waals surface area (Å²) in [6.07, 6.45) is 2.43. The molecule has 1 saturated heterocycles. The van der Waals surface area contributed by atoms with Crippen LogP contribution in [0.25, 0.3) is 0 Å². The largest absolute Gasteiger partial charge is 0.337 e. The molecule has 2 N–H and O–H groups in total. The minimum Gasteiger partial charge on any atom is -0.337 e. The van der Waals surface area contributed by atoms with Crippen LogP contribution in [0.3, 0.4) is 0 Å². The predicted molar refractivity (Wildman–Crippen MR) is 114 cm³/mol. The number of carbonyl (C=O) groups is 1. The van der Waals surface area contributed by atoms with E-state index in [1.807, 2.05) is 30.3 Å². The van der Waals surface area contributed by atoms with Crippen molar-refractivity contribution >= 4 is 27.5 Å². The van der Waals surface area contributed by atoms with Gasteiger partial charge in [-0.2, -0.15) is 0 Å². The number of benzene rings is 2. The molecule has 0 aliphatic carbocycles. The first-order valence-electron chi connectivity index (χ1n) is 9.60. The van der Waals surface area contributed by atoms with E-state index in [4.69, 9.17) is 16.7 Å². The fourth-order valence-electron chi connectivity index (χ4n) is 3.69. The third-order valence-electron chi connectivity index (χ3n) is 5.33. The number of carbonyl (C=O) groups excluding carboxylic acids is 1. The zero-order valence-corrected chi connectivity index (χ0v) is 18.0. The van der Waals surface area contributed by atoms with Crippen LogP contribution in [0.15, 0.2) is 53.4 Å². The van der Waals surface area contributed by atoms with Gasteiger partial charge >= 0.3 is 0 Å². The number of nitrogens with zero attached hydrogens (tertiary/aromatic N) is 2. The van der Waals surface area contributed by atoms with Crippen molar-refractivity contribution in [1.82, 2.24) is 9.80 Å². The number of likely N-dealkylation sites (N-methyl/N-ethyl adjacent to an activating group) is 1. The Morgan fingerprint density at radius 3 is 2.45 bits per heavy atom. The highest BCUT2D eigenvalue weighted by Crippen LogP contribution is 2.25. The number of nitrogens with two attached hydrogens (primary N) is 1. The topological polar surface area (TPSA) is 83.7 Å². The predicted octanol–water partition coefficient (Wildman–Crippen LogP) is 2.83. The standard InChI is InChI=1S/C21H26ClN3O3S/c1-24(19(15-25-11-5-6-12-25)17-7-3-2-4-8-17)21(26)14-16-9-10-18(22)20(13-16)29(23,27)28/h2-4,7-10,13,19H,5-6,11-12,14-15H2,1H3,(H2,23,27,28)/t19-/m1/s1. The van der Waals surface area contributed by atoms with E-state index in [0.29, 0.717) is 5.56 Å². The van der Waals surface area contributed by atoms with Crippen LogP contribution in [-0.2, 0) is 21.2 Å². The first-order valence-corrected chi connectivity index (χ1v) is 11.5. The Hall–Kier alpha value is -1.93. The Kier molecular flexibility index (Phi) is 6.95. The average molecular weight is 436 g/mol. The van der Waals surface area contributed by atoms with Crippen molar-refractivity contribution < 1.29 is 13.2 Å². The number of amides is 1. The van der Waals surface area contributed by atoms with Gasteiger partial charge in [0.1, 0.15) is 4.90 Å². The van der Waals surface area contributed by atoms with E-state index in [2.05, 4.69) is 4.90 Å². The van der Waals surface area contributed by atoms with Gasteiger partial charge in [-0.05, 0) is 49.2 Å². The van der Waals surface area contributed by atoms with Crippen molar-refractivity contribution in [2.75, 3.05) is 26.7 Å². The Morgan fingerprint density at radius 2 is 1.83 bits per heavy atom. The number of primary sulfonamides is 1. The fraction of sp³-hybridized carbons (Fsp3) is 0.381. The molecule has 3 rings (SSSR count). The van der Waals surface area contributed by atoms with Crippen molar-refractivity contribution in [3.8, 4) is 0 Å². The van der Waals surface area contributed by atoms with Crippen molar-refractivity contribution in [2.24, 2.45) is 5.14 Å². The molecule has 0 bridgehead atoms. The van der Waals surface area contributed by atoms with E-state index in [0.717, 1.165) is 25.2 Å². The molecule has 156 valence electrons. The molecular weight excluding hydrogens is 410 g/mol. The van der Waals surface area contributed by atoms with Gasteiger partial charge in [-0.1, -0.05) is 48.0 Å². The van der Waals surface area contributed by atoms with Gasteiger partial charge in [0, 0.05) is 13.6 Å². The second kappa shape index (κ2) is 9.26. The van der Waals surface area contributed by atoms with Crippen LogP contribution in [-0.4, -0.2) is 50.8 Å². The van der Waals surface area contributed by atoms with Gasteiger partial charge < -0.3 is 9.80 Å². The van der Waals surface area contributed by atoms with Gasteiger partial charge in [-0.3, -0.25) is 4.79 Å². The molecular formula is C21H26ClN3O3S. The van der Waals surface area contributed by atoms with Gasteiger partial charge in [0.2, 0.25) is 15.9 Å². The molecule has 0 unspecified atom stereocenters. The zero-order chi connectivity index (χ0) is 21.0. The van der Waals surface area contributed by atoms with Gasteiger partial charge in [0.15, 0.2) is 0 Å². The summed E-state index contributed by atoms with van der Waals surface area (Å²) in [4.78, 5) is 17.0. The van der Waals surface area contributed by atoms with E-state index in [1.54, 1.807) is 18.0 Å². The van der Waals surface area contributed by atoms with Crippen LogP contribution in [0.2, 0.25) is 5.02 Å². The van der Waals surface area contributed by atoms with Crippen LogP contribution >= 0.6 is 11.6 Å². The third kappa shape index (κ3) is 5.57. The number of sulfonamides is 1. The van der Waals surface area contributed by atoms with E-state index in [9.17, 15) is 13.2 Å². The monoisotopic (exact) mass is 435 g/mol. The third-order valence-corrected chi connectivity index (χ3v) is 6.73. The van der Waals surface area contributed by atoms with Gasteiger partial charge in [-0.15, -0.1) is 0 Å². The Labute approximate surface area is 177 Å². The lowest BCUT2D eigenvalue weighted by atomic mass is 10.0.